The second-order valence-corrected chi connectivity index (χ2v) is 6.23. The van der Waals surface area contributed by atoms with E-state index in [1.54, 1.807) is 31.1 Å². The smallest absolute Gasteiger partial charge is 0.319 e. The van der Waals surface area contributed by atoms with Crippen molar-refractivity contribution < 1.29 is 14.5 Å². The summed E-state index contributed by atoms with van der Waals surface area (Å²) < 4.78 is 0. The molecule has 0 bridgehead atoms. The van der Waals surface area contributed by atoms with E-state index in [0.717, 1.165) is 5.56 Å². The molecule has 2 fully saturated rings. The number of urea groups is 2. The third kappa shape index (κ3) is 2.41. The van der Waals surface area contributed by atoms with Crippen LogP contribution in [0.25, 0.3) is 0 Å². The third-order valence-electron chi connectivity index (χ3n) is 4.85. The van der Waals surface area contributed by atoms with Crippen LogP contribution in [0.1, 0.15) is 18.5 Å². The van der Waals surface area contributed by atoms with Gasteiger partial charge in [-0.15, -0.1) is 0 Å². The number of hydrogen-bond acceptors (Lipinski definition) is 4. The quantitative estimate of drug-likeness (QED) is 0.628. The average Bonchev–Trinajstić information content (AvgIpc) is 2.54. The number of amides is 4. The van der Waals surface area contributed by atoms with Crippen LogP contribution in [-0.4, -0.2) is 53.1 Å². The Hall–Kier alpha value is -2.84. The monoisotopic (exact) mass is 333 g/mol. The van der Waals surface area contributed by atoms with Crippen molar-refractivity contribution in [1.82, 2.24) is 20.4 Å². The largest absolute Gasteiger partial charge is 0.335 e. The Morgan fingerprint density at radius 3 is 2.21 bits per heavy atom. The molecule has 2 N–H and O–H groups in total. The highest BCUT2D eigenvalue weighted by molar-refractivity contribution is 5.80. The topological polar surface area (TPSA) is 108 Å². The van der Waals surface area contributed by atoms with Gasteiger partial charge in [0, 0.05) is 38.2 Å². The van der Waals surface area contributed by atoms with E-state index >= 15 is 0 Å². The summed E-state index contributed by atoms with van der Waals surface area (Å²) in [6.07, 6.45) is -0.433. The lowest BCUT2D eigenvalue weighted by Crippen LogP contribution is -2.71. The molecule has 0 saturated carbocycles. The molecule has 4 atom stereocenters. The molecule has 0 aliphatic carbocycles. The number of hydrogen-bond donors (Lipinski definition) is 2. The van der Waals surface area contributed by atoms with Crippen molar-refractivity contribution in [3.8, 4) is 0 Å². The number of nitrogens with zero attached hydrogens (tertiary/aromatic N) is 3. The average molecular weight is 333 g/mol. The summed E-state index contributed by atoms with van der Waals surface area (Å²) in [6, 6.07) is 5.20. The minimum Gasteiger partial charge on any atom is -0.335 e. The van der Waals surface area contributed by atoms with Gasteiger partial charge in [-0.3, -0.25) is 10.1 Å². The molecule has 9 heteroatoms. The van der Waals surface area contributed by atoms with Crippen LogP contribution < -0.4 is 10.6 Å². The number of non-ortho nitro benzene ring substituents is 1. The summed E-state index contributed by atoms with van der Waals surface area (Å²) >= 11 is 0. The Morgan fingerprint density at radius 1 is 1.04 bits per heavy atom. The Labute approximate surface area is 138 Å². The number of benzene rings is 1. The first-order chi connectivity index (χ1) is 11.3. The first-order valence-corrected chi connectivity index (χ1v) is 7.62. The van der Waals surface area contributed by atoms with Crippen molar-refractivity contribution in [3.63, 3.8) is 0 Å². The van der Waals surface area contributed by atoms with Crippen LogP contribution in [0.15, 0.2) is 24.3 Å². The number of fused-ring (bicyclic) bond motifs is 1. The van der Waals surface area contributed by atoms with Gasteiger partial charge >= 0.3 is 12.1 Å². The minimum absolute atomic E-state index is 0.000303. The molecule has 2 aliphatic rings. The summed E-state index contributed by atoms with van der Waals surface area (Å²) in [5.74, 6) is -0.100. The Balaban J connectivity index is 2.01. The number of nitro benzene ring substituents is 1. The number of nitrogens with one attached hydrogen (secondary N) is 2. The van der Waals surface area contributed by atoms with Gasteiger partial charge in [-0.05, 0) is 12.5 Å². The molecule has 2 unspecified atom stereocenters. The SMILES string of the molecule is CC1NC(=O)N(C)[C@H]2NC(=O)N(C)C(c3ccc([N+](=O)[O-])cc3)[C@@H]12. The molecule has 1 aromatic rings. The molecule has 24 heavy (non-hydrogen) atoms. The molecule has 0 aromatic heterocycles. The van der Waals surface area contributed by atoms with E-state index in [1.165, 1.54) is 17.0 Å². The van der Waals surface area contributed by atoms with Gasteiger partial charge in [0.2, 0.25) is 0 Å². The van der Waals surface area contributed by atoms with Crippen LogP contribution >= 0.6 is 0 Å². The van der Waals surface area contributed by atoms with Crippen LogP contribution in [-0.2, 0) is 0 Å². The van der Waals surface area contributed by atoms with E-state index in [9.17, 15) is 19.7 Å². The molecule has 9 nitrogen and oxygen atoms in total. The van der Waals surface area contributed by atoms with E-state index in [4.69, 9.17) is 0 Å². The van der Waals surface area contributed by atoms with Crippen molar-refractivity contribution in [3.05, 3.63) is 39.9 Å². The van der Waals surface area contributed by atoms with Crippen molar-refractivity contribution in [2.24, 2.45) is 5.92 Å². The molecule has 0 radical (unpaired) electrons. The van der Waals surface area contributed by atoms with Crippen molar-refractivity contribution in [2.75, 3.05) is 14.1 Å². The molecule has 0 spiro atoms. The van der Waals surface area contributed by atoms with E-state index < -0.39 is 11.1 Å². The van der Waals surface area contributed by atoms with Gasteiger partial charge in [0.25, 0.3) is 5.69 Å². The first kappa shape index (κ1) is 16.0. The van der Waals surface area contributed by atoms with E-state index in [2.05, 4.69) is 10.6 Å². The lowest BCUT2D eigenvalue weighted by Gasteiger charge is -2.52. The van der Waals surface area contributed by atoms with Crippen LogP contribution in [0.4, 0.5) is 15.3 Å². The Kier molecular flexibility index (Phi) is 3.78. The molecule has 2 saturated heterocycles. The summed E-state index contributed by atoms with van der Waals surface area (Å²) in [5, 5.41) is 16.6. The van der Waals surface area contributed by atoms with Gasteiger partial charge in [-0.25, -0.2) is 9.59 Å². The molecule has 2 aliphatic heterocycles. The Bertz CT molecular complexity index is 692. The van der Waals surface area contributed by atoms with Crippen molar-refractivity contribution >= 4 is 17.7 Å². The van der Waals surface area contributed by atoms with Gasteiger partial charge in [-0.2, -0.15) is 0 Å². The fourth-order valence-electron chi connectivity index (χ4n) is 3.54. The third-order valence-corrected chi connectivity index (χ3v) is 4.85. The molecule has 2 heterocycles. The van der Waals surface area contributed by atoms with E-state index in [-0.39, 0.29) is 35.8 Å². The fraction of sp³-hybridized carbons (Fsp3) is 0.467. The van der Waals surface area contributed by atoms with Crippen LogP contribution in [0.2, 0.25) is 0 Å². The predicted molar refractivity (Wildman–Crippen MR) is 85.2 cm³/mol. The zero-order valence-corrected chi connectivity index (χ0v) is 13.6. The summed E-state index contributed by atoms with van der Waals surface area (Å²) in [7, 11) is 3.32. The van der Waals surface area contributed by atoms with E-state index in [0.29, 0.717) is 0 Å². The highest BCUT2D eigenvalue weighted by Crippen LogP contribution is 2.38. The van der Waals surface area contributed by atoms with Crippen LogP contribution in [0.3, 0.4) is 0 Å². The second-order valence-electron chi connectivity index (χ2n) is 6.23. The highest BCUT2D eigenvalue weighted by atomic mass is 16.6. The lowest BCUT2D eigenvalue weighted by atomic mass is 9.81. The lowest BCUT2D eigenvalue weighted by molar-refractivity contribution is -0.384. The fourth-order valence-corrected chi connectivity index (χ4v) is 3.54. The zero-order valence-electron chi connectivity index (χ0n) is 13.6. The number of carbonyl (C=O) groups is 2. The van der Waals surface area contributed by atoms with Crippen molar-refractivity contribution in [1.29, 1.82) is 0 Å². The van der Waals surface area contributed by atoms with Gasteiger partial charge in [-0.1, -0.05) is 12.1 Å². The summed E-state index contributed by atoms with van der Waals surface area (Å²) in [4.78, 5) is 37.7. The minimum atomic E-state index is -0.457. The zero-order chi connectivity index (χ0) is 17.6. The van der Waals surface area contributed by atoms with Crippen LogP contribution in [0.5, 0.6) is 0 Å². The van der Waals surface area contributed by atoms with Gasteiger partial charge < -0.3 is 20.4 Å². The Morgan fingerprint density at radius 2 is 1.62 bits per heavy atom. The predicted octanol–water partition coefficient (Wildman–Crippen LogP) is 1.28. The normalized spacial score (nSPS) is 29.6. The molecular weight excluding hydrogens is 314 g/mol. The molecule has 1 aromatic carbocycles. The molecule has 4 amide bonds. The first-order valence-electron chi connectivity index (χ1n) is 7.62. The maximum absolute atomic E-state index is 12.3. The molecule has 128 valence electrons. The maximum atomic E-state index is 12.3. The van der Waals surface area contributed by atoms with E-state index in [1.807, 2.05) is 6.92 Å². The van der Waals surface area contributed by atoms with Gasteiger partial charge in [0.1, 0.15) is 6.17 Å². The maximum Gasteiger partial charge on any atom is 0.319 e. The summed E-state index contributed by atoms with van der Waals surface area (Å²) in [5.41, 5.74) is 0.796. The van der Waals surface area contributed by atoms with Crippen LogP contribution in [0, 0.1) is 16.0 Å². The molecular formula is C15H19N5O4. The van der Waals surface area contributed by atoms with Gasteiger partial charge in [0.05, 0.1) is 11.0 Å². The van der Waals surface area contributed by atoms with Gasteiger partial charge in [0.15, 0.2) is 0 Å². The number of carbonyl (C=O) groups excluding carboxylic acids is 2. The number of nitro groups is 1. The van der Waals surface area contributed by atoms with Crippen molar-refractivity contribution in [2.45, 2.75) is 25.2 Å². The molecule has 3 rings (SSSR count). The highest BCUT2D eigenvalue weighted by Gasteiger charge is 2.49. The second kappa shape index (κ2) is 5.66. The number of rotatable bonds is 2. The summed E-state index contributed by atoms with van der Waals surface area (Å²) in [6.45, 7) is 1.90. The standard InChI is InChI=1S/C15H19N5O4/c1-8-11-12(9-4-6-10(7-5-9)20(23)24)18(2)15(22)17-13(11)19(3)14(21)16-8/h4-8,11-13H,1-3H3,(H,16,21)(H,17,22)/t8?,11-,12?,13-/m1/s1.